The lowest BCUT2D eigenvalue weighted by molar-refractivity contribution is -0.148. The van der Waals surface area contributed by atoms with Crippen LogP contribution in [0.15, 0.2) is 23.0 Å². The van der Waals surface area contributed by atoms with Gasteiger partial charge >= 0.3 is 5.97 Å². The molecule has 0 unspecified atom stereocenters. The minimum atomic E-state index is -0.595. The first kappa shape index (κ1) is 19.5. The van der Waals surface area contributed by atoms with Crippen molar-refractivity contribution in [2.45, 2.75) is 64.9 Å². The van der Waals surface area contributed by atoms with E-state index >= 15 is 0 Å². The van der Waals surface area contributed by atoms with E-state index in [1.807, 2.05) is 6.07 Å². The monoisotopic (exact) mass is 422 g/mol. The number of benzene rings is 1. The van der Waals surface area contributed by atoms with Crippen molar-refractivity contribution >= 4 is 27.5 Å². The highest BCUT2D eigenvalue weighted by atomic mass is 32.1. The first-order chi connectivity index (χ1) is 14.5. The van der Waals surface area contributed by atoms with Gasteiger partial charge in [-0.2, -0.15) is 0 Å². The summed E-state index contributed by atoms with van der Waals surface area (Å²) in [6, 6.07) is 6.26. The molecule has 5 rings (SSSR count). The van der Waals surface area contributed by atoms with E-state index in [4.69, 9.17) is 4.74 Å². The van der Waals surface area contributed by atoms with Gasteiger partial charge in [-0.3, -0.25) is 9.59 Å². The summed E-state index contributed by atoms with van der Waals surface area (Å²) in [5, 5.41) is 0.724. The molecule has 2 atom stereocenters. The van der Waals surface area contributed by atoms with Gasteiger partial charge in [-0.15, -0.1) is 11.3 Å². The third-order valence-electron chi connectivity index (χ3n) is 6.39. The number of esters is 1. The summed E-state index contributed by atoms with van der Waals surface area (Å²) in [6.07, 6.45) is 6.09. The molecule has 3 aromatic rings. The highest BCUT2D eigenvalue weighted by Gasteiger charge is 2.24. The number of aromatic amines is 1. The highest BCUT2D eigenvalue weighted by Crippen LogP contribution is 2.36. The van der Waals surface area contributed by atoms with E-state index in [0.29, 0.717) is 11.7 Å². The summed E-state index contributed by atoms with van der Waals surface area (Å²) in [5.41, 5.74) is 4.76. The zero-order valence-corrected chi connectivity index (χ0v) is 18.2. The highest BCUT2D eigenvalue weighted by molar-refractivity contribution is 7.18. The van der Waals surface area contributed by atoms with Crippen LogP contribution in [0.2, 0.25) is 0 Å². The fraction of sp³-hybridized carbons (Fsp3) is 0.458. The minimum absolute atomic E-state index is 0.122. The Balaban J connectivity index is 1.34. The van der Waals surface area contributed by atoms with Crippen LogP contribution in [-0.2, 0) is 41.6 Å². The topological polar surface area (TPSA) is 72.0 Å². The molecule has 1 N–H and O–H groups in total. The van der Waals surface area contributed by atoms with E-state index in [1.165, 1.54) is 22.4 Å². The summed E-state index contributed by atoms with van der Waals surface area (Å²) < 4.78 is 5.62. The number of fused-ring (bicyclic) bond motifs is 4. The number of nitrogens with one attached hydrogen (secondary N) is 1. The van der Waals surface area contributed by atoms with Crippen molar-refractivity contribution in [2.24, 2.45) is 5.92 Å². The van der Waals surface area contributed by atoms with E-state index in [0.717, 1.165) is 53.4 Å². The molecule has 0 aliphatic heterocycles. The van der Waals surface area contributed by atoms with Crippen LogP contribution < -0.4 is 5.56 Å². The van der Waals surface area contributed by atoms with E-state index < -0.39 is 6.10 Å². The molecule has 2 aliphatic carbocycles. The Morgan fingerprint density at radius 1 is 1.30 bits per heavy atom. The maximum atomic E-state index is 12.8. The molecule has 0 spiro atoms. The first-order valence-corrected chi connectivity index (χ1v) is 11.6. The smallest absolute Gasteiger partial charge is 0.310 e. The van der Waals surface area contributed by atoms with Crippen LogP contribution in [0.5, 0.6) is 0 Å². The molecule has 5 nitrogen and oxygen atoms in total. The zero-order chi connectivity index (χ0) is 20.8. The van der Waals surface area contributed by atoms with Gasteiger partial charge in [-0.05, 0) is 73.6 Å². The molecular weight excluding hydrogens is 396 g/mol. The van der Waals surface area contributed by atoms with Crippen molar-refractivity contribution in [3.8, 4) is 0 Å². The van der Waals surface area contributed by atoms with Crippen molar-refractivity contribution < 1.29 is 9.53 Å². The number of carbonyl (C=O) groups excluding carboxylic acids is 1. The average Bonchev–Trinajstić information content (AvgIpc) is 3.30. The lowest BCUT2D eigenvalue weighted by Crippen LogP contribution is -2.19. The molecule has 0 bridgehead atoms. The number of rotatable bonds is 4. The van der Waals surface area contributed by atoms with Gasteiger partial charge in [0.05, 0.1) is 11.8 Å². The average molecular weight is 423 g/mol. The summed E-state index contributed by atoms with van der Waals surface area (Å²) >= 11 is 1.61. The number of hydrogen-bond donors (Lipinski definition) is 1. The Morgan fingerprint density at radius 3 is 3.00 bits per heavy atom. The molecule has 0 saturated carbocycles. The van der Waals surface area contributed by atoms with Crippen LogP contribution in [0, 0.1) is 5.92 Å². The molecule has 2 aliphatic rings. The number of carbonyl (C=O) groups is 1. The van der Waals surface area contributed by atoms with Crippen LogP contribution in [0.25, 0.3) is 10.2 Å². The third kappa shape index (κ3) is 3.58. The summed E-state index contributed by atoms with van der Waals surface area (Å²) in [4.78, 5) is 34.8. The van der Waals surface area contributed by atoms with Crippen LogP contribution in [-0.4, -0.2) is 15.9 Å². The predicted octanol–water partition coefficient (Wildman–Crippen LogP) is 4.45. The predicted molar refractivity (Wildman–Crippen MR) is 118 cm³/mol. The largest absolute Gasteiger partial charge is 0.454 e. The van der Waals surface area contributed by atoms with Crippen molar-refractivity contribution in [1.29, 1.82) is 0 Å². The Morgan fingerprint density at radius 2 is 2.13 bits per heavy atom. The molecule has 2 aromatic heterocycles. The van der Waals surface area contributed by atoms with Gasteiger partial charge < -0.3 is 9.72 Å². The summed E-state index contributed by atoms with van der Waals surface area (Å²) in [6.45, 7) is 4.01. The van der Waals surface area contributed by atoms with Gasteiger partial charge in [0.2, 0.25) is 0 Å². The minimum Gasteiger partial charge on any atom is -0.454 e. The maximum absolute atomic E-state index is 12.8. The van der Waals surface area contributed by atoms with Gasteiger partial charge in [-0.1, -0.05) is 25.1 Å². The number of nitrogens with zero attached hydrogens (tertiary/aromatic N) is 1. The molecular formula is C24H26N2O3S. The lowest BCUT2D eigenvalue weighted by Gasteiger charge is -2.17. The van der Waals surface area contributed by atoms with Crippen molar-refractivity contribution in [3.05, 3.63) is 61.5 Å². The molecule has 0 amide bonds. The Kier molecular flexibility index (Phi) is 4.97. The fourth-order valence-electron chi connectivity index (χ4n) is 4.75. The second kappa shape index (κ2) is 7.65. The van der Waals surface area contributed by atoms with E-state index in [2.05, 4.69) is 29.0 Å². The fourth-order valence-corrected chi connectivity index (χ4v) is 6.14. The molecule has 156 valence electrons. The van der Waals surface area contributed by atoms with Gasteiger partial charge in [0.25, 0.3) is 5.56 Å². The molecule has 0 saturated heterocycles. The number of thiophene rings is 1. The molecule has 2 heterocycles. The normalized spacial score (nSPS) is 18.8. The quantitative estimate of drug-likeness (QED) is 0.631. The number of H-pyrrole nitrogens is 1. The molecule has 6 heteroatoms. The van der Waals surface area contributed by atoms with Gasteiger partial charge in [0.1, 0.15) is 4.83 Å². The Labute approximate surface area is 179 Å². The van der Waals surface area contributed by atoms with Crippen molar-refractivity contribution in [1.82, 2.24) is 9.97 Å². The number of aromatic nitrogens is 2. The van der Waals surface area contributed by atoms with Crippen molar-refractivity contribution in [3.63, 3.8) is 0 Å². The van der Waals surface area contributed by atoms with E-state index in [-0.39, 0.29) is 17.9 Å². The third-order valence-corrected chi connectivity index (χ3v) is 7.54. The standard InChI is InChI=1S/C24H26N2O3S/c1-13-6-9-18-19(10-13)30-24-21(18)23(28)25-22(26-24)14(2)29-20(27)12-15-7-8-16-4-3-5-17(16)11-15/h7-8,11,13-14H,3-6,9-10,12H2,1-2H3,(H,25,26,28)/t13-,14+/m1/s1. The molecule has 0 fully saturated rings. The van der Waals surface area contributed by atoms with E-state index in [9.17, 15) is 9.59 Å². The molecule has 30 heavy (non-hydrogen) atoms. The number of hydrogen-bond acceptors (Lipinski definition) is 5. The summed E-state index contributed by atoms with van der Waals surface area (Å²) in [5.74, 6) is 0.757. The van der Waals surface area contributed by atoms with E-state index in [1.54, 1.807) is 18.3 Å². The maximum Gasteiger partial charge on any atom is 0.310 e. The van der Waals surface area contributed by atoms with Gasteiger partial charge in [-0.25, -0.2) is 4.98 Å². The first-order valence-electron chi connectivity index (χ1n) is 10.8. The Hall–Kier alpha value is -2.47. The Bertz CT molecular complexity index is 1190. The zero-order valence-electron chi connectivity index (χ0n) is 17.4. The lowest BCUT2D eigenvalue weighted by atomic mass is 9.89. The van der Waals surface area contributed by atoms with Crippen LogP contribution >= 0.6 is 11.3 Å². The van der Waals surface area contributed by atoms with Gasteiger partial charge in [0, 0.05) is 4.88 Å². The van der Waals surface area contributed by atoms with Gasteiger partial charge in [0.15, 0.2) is 11.9 Å². The van der Waals surface area contributed by atoms with Crippen LogP contribution in [0.1, 0.15) is 65.7 Å². The number of ether oxygens (including phenoxy) is 1. The van der Waals surface area contributed by atoms with Crippen molar-refractivity contribution in [2.75, 3.05) is 0 Å². The summed E-state index contributed by atoms with van der Waals surface area (Å²) in [7, 11) is 0. The van der Waals surface area contributed by atoms with Crippen LogP contribution in [0.3, 0.4) is 0 Å². The van der Waals surface area contributed by atoms with Crippen LogP contribution in [0.4, 0.5) is 0 Å². The molecule has 0 radical (unpaired) electrons. The second-order valence-corrected chi connectivity index (χ2v) is 9.83. The second-order valence-electron chi connectivity index (χ2n) is 8.75. The SMILES string of the molecule is C[C@@H]1CCc2c(sc3nc([C@H](C)OC(=O)Cc4ccc5c(c4)CCC5)[nH]c(=O)c23)C1. The molecule has 1 aromatic carbocycles. The number of aryl methyl sites for hydroxylation is 3.